The second-order valence-electron chi connectivity index (χ2n) is 11.0. The molecule has 0 aliphatic carbocycles. The maximum Gasteiger partial charge on any atom is 0.322 e. The van der Waals surface area contributed by atoms with Crippen LogP contribution in [-0.2, 0) is 9.59 Å². The normalized spacial score (nSPS) is 19.8. The Morgan fingerprint density at radius 3 is 2.21 bits per heavy atom. The number of hydrogen-bond donors (Lipinski definition) is 1. The van der Waals surface area contributed by atoms with Gasteiger partial charge in [-0.25, -0.2) is 4.79 Å². The summed E-state index contributed by atoms with van der Waals surface area (Å²) in [4.78, 5) is 49.5. The Balaban J connectivity index is 1.34. The fourth-order valence-electron chi connectivity index (χ4n) is 6.24. The fraction of sp³-hybridized carbons (Fsp3) is 0.324. The van der Waals surface area contributed by atoms with E-state index in [9.17, 15) is 14.4 Å². The highest BCUT2D eigenvalue weighted by Crippen LogP contribution is 2.41. The summed E-state index contributed by atoms with van der Waals surface area (Å²) in [6.45, 7) is 8.36. The molecule has 0 aromatic heterocycles. The molecule has 1 fully saturated rings. The van der Waals surface area contributed by atoms with Crippen molar-refractivity contribution in [1.29, 1.82) is 0 Å². The van der Waals surface area contributed by atoms with Crippen LogP contribution in [0.1, 0.15) is 37.1 Å². The topological polar surface area (TPSA) is 85.4 Å². The summed E-state index contributed by atoms with van der Waals surface area (Å²) in [5.41, 5.74) is 2.62. The molecule has 2 unspecified atom stereocenters. The molecule has 1 N–H and O–H groups in total. The smallest absolute Gasteiger partial charge is 0.322 e. The molecule has 0 bridgehead atoms. The van der Waals surface area contributed by atoms with E-state index in [2.05, 4.69) is 17.1 Å². The van der Waals surface area contributed by atoms with Gasteiger partial charge in [-0.15, -0.1) is 0 Å². The van der Waals surface area contributed by atoms with Crippen LogP contribution in [0.25, 0.3) is 0 Å². The Morgan fingerprint density at radius 2 is 1.53 bits per heavy atom. The van der Waals surface area contributed by atoms with Crippen LogP contribution in [0.5, 0.6) is 11.5 Å². The molecule has 0 spiro atoms. The first-order valence-corrected chi connectivity index (χ1v) is 15.0. The fourth-order valence-corrected chi connectivity index (χ4v) is 6.24. The van der Waals surface area contributed by atoms with Crippen LogP contribution in [0.15, 0.2) is 96.2 Å². The van der Waals surface area contributed by atoms with Gasteiger partial charge in [0.1, 0.15) is 17.5 Å². The Kier molecular flexibility index (Phi) is 8.16. The number of likely N-dealkylation sites (N-methyl/N-ethyl adjacent to an activating group) is 2. The maximum atomic E-state index is 14.4. The van der Waals surface area contributed by atoms with Crippen LogP contribution in [-0.4, -0.2) is 83.3 Å². The molecule has 4 amide bonds. The second kappa shape index (κ2) is 12.3. The molecule has 6 rings (SSSR count). The molecule has 3 aromatic carbocycles. The monoisotopic (exact) mass is 579 g/mol. The molecule has 2 atom stereocenters. The molecular weight excluding hydrogens is 542 g/mol. The quantitative estimate of drug-likeness (QED) is 0.423. The maximum absolute atomic E-state index is 14.4. The first-order valence-electron chi connectivity index (χ1n) is 15.0. The van der Waals surface area contributed by atoms with Crippen molar-refractivity contribution < 1.29 is 19.1 Å². The van der Waals surface area contributed by atoms with Gasteiger partial charge in [0, 0.05) is 32.7 Å². The highest BCUT2D eigenvalue weighted by atomic mass is 16.5. The molecular formula is C34H37N5O4. The largest absolute Gasteiger partial charge is 0.457 e. The average Bonchev–Trinajstić information content (AvgIpc) is 3.38. The first-order chi connectivity index (χ1) is 21.0. The van der Waals surface area contributed by atoms with Gasteiger partial charge < -0.3 is 24.8 Å². The van der Waals surface area contributed by atoms with E-state index in [-0.39, 0.29) is 24.4 Å². The minimum absolute atomic E-state index is 0.0905. The molecule has 9 heteroatoms. The second-order valence-corrected chi connectivity index (χ2v) is 11.0. The van der Waals surface area contributed by atoms with Gasteiger partial charge in [0.2, 0.25) is 5.91 Å². The Hall–Kier alpha value is -4.63. The predicted octanol–water partition coefficient (Wildman–Crippen LogP) is 4.57. The molecule has 3 heterocycles. The van der Waals surface area contributed by atoms with Crippen molar-refractivity contribution in [3.63, 3.8) is 0 Å². The van der Waals surface area contributed by atoms with Gasteiger partial charge in [-0.1, -0.05) is 67.6 Å². The highest BCUT2D eigenvalue weighted by molar-refractivity contribution is 6.04. The van der Waals surface area contributed by atoms with Crippen molar-refractivity contribution >= 4 is 17.8 Å². The van der Waals surface area contributed by atoms with Crippen LogP contribution in [0, 0.1) is 0 Å². The van der Waals surface area contributed by atoms with Crippen LogP contribution in [0.2, 0.25) is 0 Å². The summed E-state index contributed by atoms with van der Waals surface area (Å²) in [6.07, 6.45) is 0. The molecule has 43 heavy (non-hydrogen) atoms. The molecule has 3 aliphatic heterocycles. The number of urea groups is 1. The lowest BCUT2D eigenvalue weighted by Gasteiger charge is -2.38. The molecule has 0 radical (unpaired) electrons. The molecule has 3 aliphatic rings. The van der Waals surface area contributed by atoms with Crippen molar-refractivity contribution in [1.82, 2.24) is 24.9 Å². The Labute approximate surface area is 252 Å². The SMILES string of the molecule is CCN1CCN(C(=O)C(c2ccccc2)N2CC3=C(C2=O)C(c2cccc(Oc4ccccc4)c2)NC(=O)N3CC)CC1. The Morgan fingerprint density at radius 1 is 0.860 bits per heavy atom. The van der Waals surface area contributed by atoms with Crippen molar-refractivity contribution in [2.24, 2.45) is 0 Å². The highest BCUT2D eigenvalue weighted by Gasteiger charge is 2.48. The number of piperazine rings is 1. The number of nitrogens with one attached hydrogen (secondary N) is 1. The van der Waals surface area contributed by atoms with Crippen LogP contribution in [0.3, 0.4) is 0 Å². The van der Waals surface area contributed by atoms with Gasteiger partial charge in [-0.3, -0.25) is 14.5 Å². The lowest BCUT2D eigenvalue weighted by Crippen LogP contribution is -2.52. The molecule has 1 saturated heterocycles. The average molecular weight is 580 g/mol. The van der Waals surface area contributed by atoms with Crippen LogP contribution >= 0.6 is 0 Å². The Bertz CT molecular complexity index is 1520. The third-order valence-electron chi connectivity index (χ3n) is 8.53. The predicted molar refractivity (Wildman–Crippen MR) is 163 cm³/mol. The van der Waals surface area contributed by atoms with Crippen molar-refractivity contribution in [3.05, 3.63) is 107 Å². The molecule has 3 aromatic rings. The van der Waals surface area contributed by atoms with Gasteiger partial charge in [0.25, 0.3) is 5.91 Å². The van der Waals surface area contributed by atoms with Crippen LogP contribution in [0.4, 0.5) is 4.79 Å². The number of carbonyl (C=O) groups is 3. The van der Waals surface area contributed by atoms with Crippen molar-refractivity contribution in [2.45, 2.75) is 25.9 Å². The van der Waals surface area contributed by atoms with Gasteiger partial charge in [-0.2, -0.15) is 0 Å². The molecule has 9 nitrogen and oxygen atoms in total. The summed E-state index contributed by atoms with van der Waals surface area (Å²) in [6, 6.07) is 24.7. The van der Waals surface area contributed by atoms with Gasteiger partial charge in [0.05, 0.1) is 23.9 Å². The van der Waals surface area contributed by atoms with Gasteiger partial charge in [0.15, 0.2) is 0 Å². The number of para-hydroxylation sites is 1. The number of carbonyl (C=O) groups excluding carboxylic acids is 3. The number of hydrogen-bond acceptors (Lipinski definition) is 5. The summed E-state index contributed by atoms with van der Waals surface area (Å²) in [5, 5.41) is 3.05. The minimum atomic E-state index is -0.797. The lowest BCUT2D eigenvalue weighted by molar-refractivity contribution is -0.144. The van der Waals surface area contributed by atoms with Crippen LogP contribution < -0.4 is 10.1 Å². The number of nitrogens with zero attached hydrogens (tertiary/aromatic N) is 4. The van der Waals surface area contributed by atoms with E-state index in [0.29, 0.717) is 42.4 Å². The van der Waals surface area contributed by atoms with E-state index in [1.807, 2.05) is 96.8 Å². The first kappa shape index (κ1) is 28.5. The molecule has 222 valence electrons. The summed E-state index contributed by atoms with van der Waals surface area (Å²) in [7, 11) is 0. The van der Waals surface area contributed by atoms with Gasteiger partial charge in [-0.05, 0) is 48.9 Å². The number of amides is 4. The van der Waals surface area contributed by atoms with E-state index in [4.69, 9.17) is 4.74 Å². The summed E-state index contributed by atoms with van der Waals surface area (Å²) >= 11 is 0. The minimum Gasteiger partial charge on any atom is -0.457 e. The van der Waals surface area contributed by atoms with Gasteiger partial charge >= 0.3 is 6.03 Å². The number of benzene rings is 3. The number of rotatable bonds is 8. The zero-order chi connectivity index (χ0) is 29.9. The summed E-state index contributed by atoms with van der Waals surface area (Å²) < 4.78 is 6.06. The zero-order valence-electron chi connectivity index (χ0n) is 24.6. The lowest BCUT2D eigenvalue weighted by atomic mass is 9.95. The van der Waals surface area contributed by atoms with Crippen molar-refractivity contribution in [3.8, 4) is 11.5 Å². The van der Waals surface area contributed by atoms with Crippen molar-refractivity contribution in [2.75, 3.05) is 45.8 Å². The third-order valence-corrected chi connectivity index (χ3v) is 8.53. The van der Waals surface area contributed by atoms with E-state index >= 15 is 0 Å². The number of ether oxygens (including phenoxy) is 1. The van der Waals surface area contributed by atoms with E-state index in [1.165, 1.54) is 0 Å². The van der Waals surface area contributed by atoms with E-state index < -0.39 is 12.1 Å². The molecule has 0 saturated carbocycles. The zero-order valence-corrected chi connectivity index (χ0v) is 24.6. The summed E-state index contributed by atoms with van der Waals surface area (Å²) in [5.74, 6) is 0.954. The third kappa shape index (κ3) is 5.60. The van der Waals surface area contributed by atoms with E-state index in [1.54, 1.807) is 9.80 Å². The van der Waals surface area contributed by atoms with E-state index in [0.717, 1.165) is 30.8 Å². The standard InChI is InChI=1S/C34H37N5O4/c1-3-36-18-20-37(21-19-36)33(41)31(24-12-7-5-8-13-24)39-23-28-29(32(39)40)30(35-34(42)38(28)4-2)25-14-11-17-27(22-25)43-26-15-9-6-10-16-26/h5-17,22,30-31H,3-4,18-21,23H2,1-2H3,(H,35,42).